The highest BCUT2D eigenvalue weighted by Gasteiger charge is 2.21. The smallest absolute Gasteiger partial charge is 0.216 e. The zero-order valence-corrected chi connectivity index (χ0v) is 13.3. The lowest BCUT2D eigenvalue weighted by atomic mass is 9.97. The SMILES string of the molecule is CSc1nc(Cl)cc(N2CCC(CNC(C)=O)CC2)n1. The highest BCUT2D eigenvalue weighted by molar-refractivity contribution is 7.98. The van der Waals surface area contributed by atoms with Crippen molar-refractivity contribution in [3.8, 4) is 0 Å². The molecule has 1 aromatic heterocycles. The highest BCUT2D eigenvalue weighted by Crippen LogP contribution is 2.25. The van der Waals surface area contributed by atoms with Gasteiger partial charge in [0.1, 0.15) is 11.0 Å². The van der Waals surface area contributed by atoms with Gasteiger partial charge in [0, 0.05) is 32.6 Å². The fraction of sp³-hybridized carbons (Fsp3) is 0.615. The van der Waals surface area contributed by atoms with Gasteiger partial charge >= 0.3 is 0 Å². The second kappa shape index (κ2) is 7.13. The first-order chi connectivity index (χ1) is 9.58. The standard InChI is InChI=1S/C13H19ClN4OS/c1-9(19)15-8-10-3-5-18(6-4-10)12-7-11(14)16-13(17-12)20-2/h7,10H,3-6,8H2,1-2H3,(H,15,19). The van der Waals surface area contributed by atoms with Gasteiger partial charge in [0.15, 0.2) is 5.16 Å². The van der Waals surface area contributed by atoms with E-state index in [1.165, 1.54) is 11.8 Å². The van der Waals surface area contributed by atoms with Gasteiger partial charge in [-0.2, -0.15) is 0 Å². The van der Waals surface area contributed by atoms with Crippen molar-refractivity contribution >= 4 is 35.1 Å². The van der Waals surface area contributed by atoms with Crippen LogP contribution in [0.15, 0.2) is 11.2 Å². The molecule has 0 radical (unpaired) electrons. The molecule has 1 aromatic rings. The quantitative estimate of drug-likeness (QED) is 0.524. The molecule has 1 aliphatic heterocycles. The molecule has 1 N–H and O–H groups in total. The number of hydrogen-bond donors (Lipinski definition) is 1. The first-order valence-corrected chi connectivity index (χ1v) is 8.26. The first-order valence-electron chi connectivity index (χ1n) is 6.66. The van der Waals surface area contributed by atoms with E-state index in [-0.39, 0.29) is 5.91 Å². The fourth-order valence-electron chi connectivity index (χ4n) is 2.29. The summed E-state index contributed by atoms with van der Waals surface area (Å²) in [7, 11) is 0. The summed E-state index contributed by atoms with van der Waals surface area (Å²) in [5, 5.41) is 4.08. The number of rotatable bonds is 4. The molecule has 1 saturated heterocycles. The zero-order valence-electron chi connectivity index (χ0n) is 11.7. The van der Waals surface area contributed by atoms with Crippen molar-refractivity contribution in [3.63, 3.8) is 0 Å². The number of anilines is 1. The molecular weight excluding hydrogens is 296 g/mol. The third-order valence-corrected chi connectivity index (χ3v) is 4.16. The predicted octanol–water partition coefficient (Wildman–Crippen LogP) is 2.20. The molecule has 0 aliphatic carbocycles. The predicted molar refractivity (Wildman–Crippen MR) is 82.4 cm³/mol. The summed E-state index contributed by atoms with van der Waals surface area (Å²) in [6.07, 6.45) is 4.04. The molecule has 1 aliphatic rings. The Kier molecular flexibility index (Phi) is 5.48. The molecule has 0 aromatic carbocycles. The van der Waals surface area contributed by atoms with Crippen LogP contribution in [-0.2, 0) is 4.79 Å². The second-order valence-corrected chi connectivity index (χ2v) is 6.06. The van der Waals surface area contributed by atoms with E-state index in [9.17, 15) is 4.79 Å². The van der Waals surface area contributed by atoms with E-state index in [1.54, 1.807) is 6.92 Å². The van der Waals surface area contributed by atoms with E-state index in [0.29, 0.717) is 16.2 Å². The summed E-state index contributed by atoms with van der Waals surface area (Å²) >= 11 is 7.51. The summed E-state index contributed by atoms with van der Waals surface area (Å²) in [5.41, 5.74) is 0. The third kappa shape index (κ3) is 4.24. The Morgan fingerprint density at radius 3 is 2.80 bits per heavy atom. The number of carbonyl (C=O) groups is 1. The molecule has 1 amide bonds. The number of carbonyl (C=O) groups excluding carboxylic acids is 1. The van der Waals surface area contributed by atoms with Crippen LogP contribution in [-0.4, -0.2) is 41.8 Å². The van der Waals surface area contributed by atoms with Crippen LogP contribution < -0.4 is 10.2 Å². The van der Waals surface area contributed by atoms with Crippen molar-refractivity contribution in [1.29, 1.82) is 0 Å². The second-order valence-electron chi connectivity index (χ2n) is 4.90. The summed E-state index contributed by atoms with van der Waals surface area (Å²) in [4.78, 5) is 21.8. The van der Waals surface area contributed by atoms with Gasteiger partial charge < -0.3 is 10.2 Å². The molecule has 0 atom stereocenters. The van der Waals surface area contributed by atoms with Gasteiger partial charge in [-0.05, 0) is 25.0 Å². The molecule has 0 spiro atoms. The highest BCUT2D eigenvalue weighted by atomic mass is 35.5. The number of nitrogens with one attached hydrogen (secondary N) is 1. The number of thioether (sulfide) groups is 1. The van der Waals surface area contributed by atoms with E-state index in [1.807, 2.05) is 12.3 Å². The van der Waals surface area contributed by atoms with Crippen molar-refractivity contribution in [1.82, 2.24) is 15.3 Å². The minimum absolute atomic E-state index is 0.0413. The lowest BCUT2D eigenvalue weighted by molar-refractivity contribution is -0.119. The normalized spacial score (nSPS) is 16.2. The van der Waals surface area contributed by atoms with Crippen LogP contribution in [0.25, 0.3) is 0 Å². The molecular formula is C13H19ClN4OS. The van der Waals surface area contributed by atoms with E-state index in [2.05, 4.69) is 20.2 Å². The van der Waals surface area contributed by atoms with Gasteiger partial charge in [-0.15, -0.1) is 0 Å². The van der Waals surface area contributed by atoms with Crippen LogP contribution in [0.4, 0.5) is 5.82 Å². The molecule has 110 valence electrons. The first kappa shape index (κ1) is 15.4. The summed E-state index contributed by atoms with van der Waals surface area (Å²) in [6, 6.07) is 1.81. The Balaban J connectivity index is 1.93. The molecule has 2 rings (SSSR count). The van der Waals surface area contributed by atoms with Gasteiger partial charge in [-0.3, -0.25) is 4.79 Å². The Hall–Kier alpha value is -1.01. The zero-order chi connectivity index (χ0) is 14.5. The Labute approximate surface area is 128 Å². The molecule has 2 heterocycles. The van der Waals surface area contributed by atoms with Crippen molar-refractivity contribution < 1.29 is 4.79 Å². The number of piperidine rings is 1. The van der Waals surface area contributed by atoms with Crippen molar-refractivity contribution in [3.05, 3.63) is 11.2 Å². The van der Waals surface area contributed by atoms with Gasteiger partial charge in [-0.1, -0.05) is 23.4 Å². The van der Waals surface area contributed by atoms with Crippen LogP contribution in [0.5, 0.6) is 0 Å². The van der Waals surface area contributed by atoms with Crippen LogP contribution in [0, 0.1) is 5.92 Å². The molecule has 1 fully saturated rings. The van der Waals surface area contributed by atoms with Crippen molar-refractivity contribution in [2.75, 3.05) is 30.8 Å². The lowest BCUT2D eigenvalue weighted by Crippen LogP contribution is -2.38. The van der Waals surface area contributed by atoms with Crippen LogP contribution in [0.1, 0.15) is 19.8 Å². The maximum Gasteiger partial charge on any atom is 0.216 e. The van der Waals surface area contributed by atoms with E-state index >= 15 is 0 Å². The Morgan fingerprint density at radius 2 is 2.20 bits per heavy atom. The maximum absolute atomic E-state index is 10.9. The Bertz CT molecular complexity index is 477. The van der Waals surface area contributed by atoms with Crippen molar-refractivity contribution in [2.45, 2.75) is 24.9 Å². The monoisotopic (exact) mass is 314 g/mol. The van der Waals surface area contributed by atoms with E-state index < -0.39 is 0 Å². The minimum atomic E-state index is 0.0413. The summed E-state index contributed by atoms with van der Waals surface area (Å²) in [5.74, 6) is 1.49. The molecule has 0 bridgehead atoms. The largest absolute Gasteiger partial charge is 0.356 e. The molecule has 7 heteroatoms. The average molecular weight is 315 g/mol. The molecule has 0 unspecified atom stereocenters. The third-order valence-electron chi connectivity index (χ3n) is 3.42. The maximum atomic E-state index is 10.9. The van der Waals surface area contributed by atoms with Crippen LogP contribution in [0.2, 0.25) is 5.15 Å². The minimum Gasteiger partial charge on any atom is -0.356 e. The molecule has 20 heavy (non-hydrogen) atoms. The summed E-state index contributed by atoms with van der Waals surface area (Å²) < 4.78 is 0. The van der Waals surface area contributed by atoms with E-state index in [4.69, 9.17) is 11.6 Å². The van der Waals surface area contributed by atoms with Gasteiger partial charge in [0.25, 0.3) is 0 Å². The number of halogens is 1. The van der Waals surface area contributed by atoms with E-state index in [0.717, 1.165) is 38.3 Å². The average Bonchev–Trinajstić information content (AvgIpc) is 2.45. The van der Waals surface area contributed by atoms with Gasteiger partial charge in [0.2, 0.25) is 5.91 Å². The van der Waals surface area contributed by atoms with Crippen molar-refractivity contribution in [2.24, 2.45) is 5.92 Å². The number of hydrogen-bond acceptors (Lipinski definition) is 5. The van der Waals surface area contributed by atoms with Gasteiger partial charge in [0.05, 0.1) is 0 Å². The van der Waals surface area contributed by atoms with Crippen LogP contribution >= 0.6 is 23.4 Å². The topological polar surface area (TPSA) is 58.1 Å². The number of aromatic nitrogens is 2. The summed E-state index contributed by atoms with van der Waals surface area (Å²) in [6.45, 7) is 4.20. The Morgan fingerprint density at radius 1 is 1.50 bits per heavy atom. The van der Waals surface area contributed by atoms with Crippen LogP contribution in [0.3, 0.4) is 0 Å². The molecule has 5 nitrogen and oxygen atoms in total. The molecule has 0 saturated carbocycles. The number of nitrogens with zero attached hydrogens (tertiary/aromatic N) is 3. The van der Waals surface area contributed by atoms with Gasteiger partial charge in [-0.25, -0.2) is 9.97 Å². The fourth-order valence-corrected chi connectivity index (χ4v) is 2.90. The lowest BCUT2D eigenvalue weighted by Gasteiger charge is -2.32. The number of amides is 1.